The Kier molecular flexibility index (Phi) is 5.66. The summed E-state index contributed by atoms with van der Waals surface area (Å²) in [5.41, 5.74) is 7.52. The van der Waals surface area contributed by atoms with Crippen molar-refractivity contribution < 1.29 is 6.16 Å². The van der Waals surface area contributed by atoms with Gasteiger partial charge in [0.25, 0.3) is 0 Å². The van der Waals surface area contributed by atoms with Gasteiger partial charge in [-0.15, -0.1) is 0 Å². The van der Waals surface area contributed by atoms with Crippen LogP contribution in [0.2, 0.25) is 0 Å². The molecule has 2 heteroatoms. The van der Waals surface area contributed by atoms with Gasteiger partial charge in [0.2, 0.25) is 0 Å². The van der Waals surface area contributed by atoms with Crippen LogP contribution in [0.5, 0.6) is 5.75 Å². The maximum absolute atomic E-state index is 5.65. The van der Waals surface area contributed by atoms with Crippen molar-refractivity contribution in [1.82, 2.24) is 0 Å². The molecule has 2 aromatic carbocycles. The SMILES string of the molecule is CC.Nc1cccc(OCc2ccccc2)c1.[HH]. The standard InChI is InChI=1S/C13H13NO.C2H6.H2/c14-12-7-4-8-13(9-12)15-10-11-5-2-1-3-6-11;1-2;/h1-9H,10,14H2;1-2H3;1H. The highest BCUT2D eigenvalue weighted by Gasteiger charge is 1.95. The topological polar surface area (TPSA) is 35.2 Å². The molecule has 0 fully saturated rings. The molecule has 0 atom stereocenters. The molecule has 92 valence electrons. The van der Waals surface area contributed by atoms with E-state index in [9.17, 15) is 0 Å². The lowest BCUT2D eigenvalue weighted by molar-refractivity contribution is 0.306. The molecule has 0 heterocycles. The first-order valence-corrected chi connectivity index (χ1v) is 5.87. The molecule has 0 saturated carbocycles. The lowest BCUT2D eigenvalue weighted by Gasteiger charge is -2.06. The predicted octanol–water partition coefficient (Wildman–Crippen LogP) is 4.12. The van der Waals surface area contributed by atoms with Gasteiger partial charge in [-0.3, -0.25) is 0 Å². The van der Waals surface area contributed by atoms with Gasteiger partial charge < -0.3 is 10.5 Å². The molecule has 2 rings (SSSR count). The van der Waals surface area contributed by atoms with E-state index in [1.807, 2.05) is 68.4 Å². The molecule has 0 spiro atoms. The van der Waals surface area contributed by atoms with Gasteiger partial charge in [-0.05, 0) is 17.7 Å². The normalized spacial score (nSPS) is 9.06. The van der Waals surface area contributed by atoms with Crippen LogP contribution >= 0.6 is 0 Å². The second-order valence-electron chi connectivity index (χ2n) is 3.35. The summed E-state index contributed by atoms with van der Waals surface area (Å²) in [5, 5.41) is 0. The lowest BCUT2D eigenvalue weighted by atomic mass is 10.2. The van der Waals surface area contributed by atoms with E-state index in [4.69, 9.17) is 10.5 Å². The van der Waals surface area contributed by atoms with E-state index in [1.54, 1.807) is 0 Å². The largest absolute Gasteiger partial charge is 0.489 e. The molecule has 0 aliphatic heterocycles. The summed E-state index contributed by atoms with van der Waals surface area (Å²) in [5.74, 6) is 0.804. The first kappa shape index (κ1) is 13.1. The van der Waals surface area contributed by atoms with Crippen molar-refractivity contribution in [3.63, 3.8) is 0 Å². The van der Waals surface area contributed by atoms with Crippen LogP contribution in [0.4, 0.5) is 5.69 Å². The summed E-state index contributed by atoms with van der Waals surface area (Å²) >= 11 is 0. The first-order chi connectivity index (χ1) is 8.34. The van der Waals surface area contributed by atoms with E-state index < -0.39 is 0 Å². The first-order valence-electron chi connectivity index (χ1n) is 5.87. The van der Waals surface area contributed by atoms with Crippen LogP contribution in [-0.4, -0.2) is 0 Å². The number of nitrogen functional groups attached to an aromatic ring is 1. The maximum Gasteiger partial charge on any atom is 0.121 e. The van der Waals surface area contributed by atoms with Crippen molar-refractivity contribution in [1.29, 1.82) is 0 Å². The van der Waals surface area contributed by atoms with E-state index in [0.29, 0.717) is 6.61 Å². The van der Waals surface area contributed by atoms with Gasteiger partial charge in [0.15, 0.2) is 0 Å². The van der Waals surface area contributed by atoms with Crippen molar-refractivity contribution in [2.24, 2.45) is 0 Å². The van der Waals surface area contributed by atoms with E-state index in [0.717, 1.165) is 17.0 Å². The van der Waals surface area contributed by atoms with Crippen molar-refractivity contribution in [3.05, 3.63) is 60.2 Å². The fraction of sp³-hybridized carbons (Fsp3) is 0.200. The summed E-state index contributed by atoms with van der Waals surface area (Å²) < 4.78 is 5.59. The number of ether oxygens (including phenoxy) is 1. The van der Waals surface area contributed by atoms with Gasteiger partial charge in [-0.25, -0.2) is 0 Å². The van der Waals surface area contributed by atoms with Gasteiger partial charge in [-0.1, -0.05) is 50.2 Å². The lowest BCUT2D eigenvalue weighted by Crippen LogP contribution is -1.95. The highest BCUT2D eigenvalue weighted by molar-refractivity contribution is 5.43. The molecule has 0 radical (unpaired) electrons. The average molecular weight is 231 g/mol. The van der Waals surface area contributed by atoms with Crippen molar-refractivity contribution in [3.8, 4) is 5.75 Å². The van der Waals surface area contributed by atoms with Crippen LogP contribution in [0.15, 0.2) is 54.6 Å². The number of rotatable bonds is 3. The second kappa shape index (κ2) is 7.34. The zero-order valence-electron chi connectivity index (χ0n) is 10.4. The van der Waals surface area contributed by atoms with Gasteiger partial charge in [0, 0.05) is 13.2 Å². The van der Waals surface area contributed by atoms with Gasteiger partial charge in [0.1, 0.15) is 12.4 Å². The molecule has 0 saturated heterocycles. The molecular formula is C15H21NO. The highest BCUT2D eigenvalue weighted by atomic mass is 16.5. The minimum Gasteiger partial charge on any atom is -0.489 e. The summed E-state index contributed by atoms with van der Waals surface area (Å²) in [7, 11) is 0. The molecule has 0 aliphatic carbocycles. The molecule has 0 bridgehead atoms. The predicted molar refractivity (Wildman–Crippen MR) is 75.1 cm³/mol. The minimum atomic E-state index is 0. The highest BCUT2D eigenvalue weighted by Crippen LogP contribution is 2.15. The fourth-order valence-corrected chi connectivity index (χ4v) is 1.35. The monoisotopic (exact) mass is 231 g/mol. The third-order valence-electron chi connectivity index (χ3n) is 2.11. The van der Waals surface area contributed by atoms with Gasteiger partial charge in [0.05, 0.1) is 0 Å². The molecule has 0 aliphatic rings. The smallest absolute Gasteiger partial charge is 0.121 e. The van der Waals surface area contributed by atoms with Crippen molar-refractivity contribution >= 4 is 5.69 Å². The third kappa shape index (κ3) is 4.60. The molecule has 0 unspecified atom stereocenters. The summed E-state index contributed by atoms with van der Waals surface area (Å²) in [6, 6.07) is 17.5. The molecule has 2 nitrogen and oxygen atoms in total. The van der Waals surface area contributed by atoms with Gasteiger partial charge >= 0.3 is 0 Å². The van der Waals surface area contributed by atoms with E-state index in [-0.39, 0.29) is 1.43 Å². The zero-order valence-corrected chi connectivity index (χ0v) is 10.4. The average Bonchev–Trinajstić information content (AvgIpc) is 2.40. The second-order valence-corrected chi connectivity index (χ2v) is 3.35. The Bertz CT molecular complexity index is 432. The molecule has 0 aromatic heterocycles. The van der Waals surface area contributed by atoms with Crippen molar-refractivity contribution in [2.75, 3.05) is 5.73 Å². The quantitative estimate of drug-likeness (QED) is 0.806. The van der Waals surface area contributed by atoms with Gasteiger partial charge in [-0.2, -0.15) is 0 Å². The Hall–Kier alpha value is -1.96. The molecule has 2 aromatic rings. The Morgan fingerprint density at radius 3 is 2.35 bits per heavy atom. The van der Waals surface area contributed by atoms with E-state index >= 15 is 0 Å². The number of benzene rings is 2. The number of anilines is 1. The van der Waals surface area contributed by atoms with E-state index in [2.05, 4.69) is 0 Å². The van der Waals surface area contributed by atoms with Crippen LogP contribution in [0.25, 0.3) is 0 Å². The molecule has 0 amide bonds. The van der Waals surface area contributed by atoms with Crippen LogP contribution < -0.4 is 10.5 Å². The Morgan fingerprint density at radius 1 is 1.00 bits per heavy atom. The Labute approximate surface area is 105 Å². The number of hydrogen-bond donors (Lipinski definition) is 1. The summed E-state index contributed by atoms with van der Waals surface area (Å²) in [6.07, 6.45) is 0. The minimum absolute atomic E-state index is 0. The zero-order chi connectivity index (χ0) is 12.5. The van der Waals surface area contributed by atoms with Crippen LogP contribution in [-0.2, 0) is 6.61 Å². The summed E-state index contributed by atoms with van der Waals surface area (Å²) in [6.45, 7) is 4.57. The number of hydrogen-bond acceptors (Lipinski definition) is 2. The Balaban J connectivity index is 0.000000917. The number of nitrogens with two attached hydrogens (primary N) is 1. The van der Waals surface area contributed by atoms with Crippen LogP contribution in [0, 0.1) is 0 Å². The summed E-state index contributed by atoms with van der Waals surface area (Å²) in [4.78, 5) is 0. The van der Waals surface area contributed by atoms with E-state index in [1.165, 1.54) is 0 Å². The van der Waals surface area contributed by atoms with Crippen LogP contribution in [0.1, 0.15) is 20.8 Å². The molecule has 17 heavy (non-hydrogen) atoms. The van der Waals surface area contributed by atoms with Crippen molar-refractivity contribution in [2.45, 2.75) is 20.5 Å². The Morgan fingerprint density at radius 2 is 1.71 bits per heavy atom. The van der Waals surface area contributed by atoms with Crippen LogP contribution in [0.3, 0.4) is 0 Å². The maximum atomic E-state index is 5.65. The fourth-order valence-electron chi connectivity index (χ4n) is 1.35. The molecule has 2 N–H and O–H groups in total. The third-order valence-corrected chi connectivity index (χ3v) is 2.11. The molecular weight excluding hydrogens is 210 g/mol.